The van der Waals surface area contributed by atoms with Crippen LogP contribution >= 0.6 is 0 Å². The fourth-order valence-corrected chi connectivity index (χ4v) is 9.46. The van der Waals surface area contributed by atoms with Crippen molar-refractivity contribution in [2.75, 3.05) is 52.7 Å². The van der Waals surface area contributed by atoms with E-state index in [1.54, 1.807) is 6.07 Å². The van der Waals surface area contributed by atoms with Gasteiger partial charge >= 0.3 is 6.03 Å². The van der Waals surface area contributed by atoms with Crippen LogP contribution in [-0.2, 0) is 25.9 Å². The summed E-state index contributed by atoms with van der Waals surface area (Å²) in [4.78, 5) is 28.3. The molecule has 0 aliphatic carbocycles. The Balaban J connectivity index is 1.23. The Morgan fingerprint density at radius 1 is 1.06 bits per heavy atom. The summed E-state index contributed by atoms with van der Waals surface area (Å²) in [5.41, 5.74) is 0.219. The topological polar surface area (TPSA) is 170 Å². The number of urea groups is 1. The zero-order valence-electron chi connectivity index (χ0n) is 30.0. The van der Waals surface area contributed by atoms with Crippen LogP contribution in [0.4, 0.5) is 9.59 Å². The third-order valence-corrected chi connectivity index (χ3v) is 12.4. The van der Waals surface area contributed by atoms with E-state index in [0.29, 0.717) is 37.5 Å². The summed E-state index contributed by atoms with van der Waals surface area (Å²) < 4.78 is 52.6. The molecule has 4 heterocycles. The number of fused-ring (bicyclic) bond motifs is 2. The fraction of sp³-hybridized carbons (Fsp3) is 0.622. The number of likely N-dealkylation sites (tertiary alicyclic amines) is 1. The van der Waals surface area contributed by atoms with Crippen molar-refractivity contribution in [3.05, 3.63) is 54.1 Å². The summed E-state index contributed by atoms with van der Waals surface area (Å²) in [6.45, 7) is 6.13. The first-order valence-corrected chi connectivity index (χ1v) is 19.7. The van der Waals surface area contributed by atoms with Crippen LogP contribution in [-0.4, -0.2) is 117 Å². The number of aliphatic hydroxyl groups excluding tert-OH is 1. The number of amides is 3. The van der Waals surface area contributed by atoms with Crippen molar-refractivity contribution in [2.45, 2.75) is 88.2 Å². The van der Waals surface area contributed by atoms with Gasteiger partial charge in [0.15, 0.2) is 17.8 Å². The van der Waals surface area contributed by atoms with Gasteiger partial charge in [0.25, 0.3) is 0 Å². The van der Waals surface area contributed by atoms with Crippen LogP contribution in [0.2, 0.25) is 0 Å². The number of carboxylic acid groups (broad SMARTS) is 1. The summed E-state index contributed by atoms with van der Waals surface area (Å²) in [5.74, 6) is 0.496. The van der Waals surface area contributed by atoms with E-state index in [1.807, 2.05) is 49.1 Å². The van der Waals surface area contributed by atoms with Gasteiger partial charge in [-0.2, -0.15) is 4.31 Å². The van der Waals surface area contributed by atoms with E-state index in [1.165, 1.54) is 16.4 Å². The van der Waals surface area contributed by atoms with Crippen LogP contribution in [0.3, 0.4) is 0 Å². The molecule has 2 aromatic rings. The molecular weight excluding hydrogens is 692 g/mol. The highest BCUT2D eigenvalue weighted by atomic mass is 32.2. The number of unbranched alkanes of at least 4 members (excludes halogenated alkanes) is 1. The van der Waals surface area contributed by atoms with Crippen molar-refractivity contribution < 1.29 is 47.2 Å². The number of benzene rings is 2. The molecule has 3 fully saturated rings. The maximum atomic E-state index is 14.5. The molecular formula is C37H51N4O10S-. The maximum Gasteiger partial charge on any atom is 0.317 e. The van der Waals surface area contributed by atoms with E-state index in [-0.39, 0.29) is 49.8 Å². The van der Waals surface area contributed by atoms with Crippen molar-refractivity contribution in [1.29, 1.82) is 0 Å². The molecule has 0 bridgehead atoms. The second kappa shape index (κ2) is 16.6. The Labute approximate surface area is 306 Å². The third kappa shape index (κ3) is 8.93. The zero-order valence-corrected chi connectivity index (χ0v) is 30.8. The number of carbonyl (C=O) groups excluding carboxylic acids is 2. The maximum absolute atomic E-state index is 14.5. The second-order valence-electron chi connectivity index (χ2n) is 15.0. The van der Waals surface area contributed by atoms with Gasteiger partial charge in [-0.15, -0.1) is 0 Å². The van der Waals surface area contributed by atoms with Gasteiger partial charge in [-0.05, 0) is 61.6 Å². The van der Waals surface area contributed by atoms with Crippen LogP contribution in [0.15, 0.2) is 53.4 Å². The van der Waals surface area contributed by atoms with Gasteiger partial charge in [-0.1, -0.05) is 50.6 Å². The SMILES string of the molecule is CC(C)(CCCCNC(=O)N1CCCC1)CN(C[C@@H](O)[C@H](Cc1ccccc1)N(C(=O)[O-])[C@H]1CO[C@H]2OCC[C@H]21)S(=O)(=O)c1ccc2c(c1)OCO2. The summed E-state index contributed by atoms with van der Waals surface area (Å²) in [6, 6.07) is 11.9. The number of ether oxygens (including phenoxy) is 4. The van der Waals surface area contributed by atoms with Gasteiger partial charge in [0.1, 0.15) is 6.09 Å². The molecule has 0 radical (unpaired) electrons. The molecule has 0 unspecified atom stereocenters. The lowest BCUT2D eigenvalue weighted by Gasteiger charge is -2.43. The molecule has 6 rings (SSSR count). The summed E-state index contributed by atoms with van der Waals surface area (Å²) in [7, 11) is -4.24. The van der Waals surface area contributed by atoms with Crippen LogP contribution in [0.1, 0.15) is 57.9 Å². The van der Waals surface area contributed by atoms with Crippen LogP contribution in [0.5, 0.6) is 11.5 Å². The van der Waals surface area contributed by atoms with E-state index >= 15 is 0 Å². The summed E-state index contributed by atoms with van der Waals surface area (Å²) in [6.07, 6.45) is 1.38. The first kappa shape index (κ1) is 38.1. The molecule has 0 spiro atoms. The van der Waals surface area contributed by atoms with Crippen LogP contribution in [0, 0.1) is 11.3 Å². The van der Waals surface area contributed by atoms with Gasteiger partial charge < -0.3 is 49.1 Å². The molecule has 4 aliphatic rings. The number of aliphatic hydroxyl groups is 1. The minimum Gasteiger partial charge on any atom is -0.530 e. The molecule has 3 saturated heterocycles. The van der Waals surface area contributed by atoms with Gasteiger partial charge in [0.2, 0.25) is 16.8 Å². The fourth-order valence-electron chi connectivity index (χ4n) is 7.80. The van der Waals surface area contributed by atoms with Gasteiger partial charge in [0, 0.05) is 44.7 Å². The normalized spacial score (nSPS) is 22.4. The molecule has 52 heavy (non-hydrogen) atoms. The first-order chi connectivity index (χ1) is 24.9. The standard InChI is InChI=1S/C37H52N4O10S/c1-37(2,15-6-7-16-38-35(43)39-17-8-9-18-39)24-40(52(46,47)27-12-13-32-33(21-27)51-25-50-32)22-31(42)29(20-26-10-4-3-5-11-26)41(36(44)45)30-23-49-34-28(30)14-19-48-34/h3-5,10-13,21,28-31,34,42H,6-9,14-20,22-25H2,1-2H3,(H,38,43)(H,44,45)/p-1/t28-,29-,30-,31+,34+/m0/s1. The number of rotatable bonds is 16. The number of nitrogens with one attached hydrogen (secondary N) is 1. The van der Waals surface area contributed by atoms with Crippen molar-refractivity contribution >= 4 is 22.1 Å². The van der Waals surface area contributed by atoms with Gasteiger partial charge in [-0.25, -0.2) is 13.2 Å². The number of hydrogen-bond acceptors (Lipinski definition) is 10. The average molecular weight is 744 g/mol. The molecule has 0 aromatic heterocycles. The summed E-state index contributed by atoms with van der Waals surface area (Å²) >= 11 is 0. The molecule has 0 saturated carbocycles. The Morgan fingerprint density at radius 3 is 2.56 bits per heavy atom. The number of carbonyl (C=O) groups is 2. The highest BCUT2D eigenvalue weighted by Crippen LogP contribution is 2.38. The Morgan fingerprint density at radius 2 is 1.81 bits per heavy atom. The predicted molar refractivity (Wildman–Crippen MR) is 188 cm³/mol. The number of nitrogens with zero attached hydrogens (tertiary/aromatic N) is 3. The van der Waals surface area contributed by atoms with Crippen molar-refractivity contribution in [1.82, 2.24) is 19.4 Å². The molecule has 15 heteroatoms. The van der Waals surface area contributed by atoms with E-state index in [4.69, 9.17) is 18.9 Å². The molecule has 2 aromatic carbocycles. The highest BCUT2D eigenvalue weighted by Gasteiger charge is 2.47. The third-order valence-electron chi connectivity index (χ3n) is 10.6. The molecule has 4 aliphatic heterocycles. The van der Waals surface area contributed by atoms with Crippen LogP contribution in [0.25, 0.3) is 0 Å². The van der Waals surface area contributed by atoms with Gasteiger partial charge in [0.05, 0.1) is 36.3 Å². The Bertz CT molecular complexity index is 1640. The molecule has 14 nitrogen and oxygen atoms in total. The number of sulfonamides is 1. The van der Waals surface area contributed by atoms with Gasteiger partial charge in [-0.3, -0.25) is 0 Å². The zero-order chi connectivity index (χ0) is 36.9. The Hall–Kier alpha value is -3.63. The van der Waals surface area contributed by atoms with Crippen LogP contribution < -0.4 is 19.9 Å². The van der Waals surface area contributed by atoms with E-state index in [0.717, 1.165) is 49.2 Å². The molecule has 3 amide bonds. The highest BCUT2D eigenvalue weighted by molar-refractivity contribution is 7.89. The van der Waals surface area contributed by atoms with Crippen molar-refractivity contribution in [3.63, 3.8) is 0 Å². The number of hydrogen-bond donors (Lipinski definition) is 2. The van der Waals surface area contributed by atoms with Crippen molar-refractivity contribution in [2.24, 2.45) is 11.3 Å². The second-order valence-corrected chi connectivity index (χ2v) is 16.9. The first-order valence-electron chi connectivity index (χ1n) is 18.3. The minimum absolute atomic E-state index is 0.0230. The van der Waals surface area contributed by atoms with E-state index < -0.39 is 46.0 Å². The summed E-state index contributed by atoms with van der Waals surface area (Å²) in [5, 5.41) is 28.1. The Kier molecular flexibility index (Phi) is 12.2. The monoisotopic (exact) mass is 743 g/mol. The van der Waals surface area contributed by atoms with Crippen molar-refractivity contribution in [3.8, 4) is 11.5 Å². The average Bonchev–Trinajstić information content (AvgIpc) is 3.94. The molecule has 286 valence electrons. The predicted octanol–water partition coefficient (Wildman–Crippen LogP) is 2.79. The largest absolute Gasteiger partial charge is 0.530 e. The quantitative estimate of drug-likeness (QED) is 0.244. The molecule has 5 atom stereocenters. The lowest BCUT2D eigenvalue weighted by atomic mass is 9.87. The smallest absolute Gasteiger partial charge is 0.317 e. The molecule has 2 N–H and O–H groups in total. The lowest BCUT2D eigenvalue weighted by molar-refractivity contribution is -0.273. The van der Waals surface area contributed by atoms with E-state index in [2.05, 4.69) is 5.32 Å². The lowest BCUT2D eigenvalue weighted by Crippen LogP contribution is -2.61. The minimum atomic E-state index is -4.24. The van der Waals surface area contributed by atoms with E-state index in [9.17, 15) is 28.2 Å².